The number of carbonyl (C=O) groups excluding carboxylic acids is 1. The van der Waals surface area contributed by atoms with Crippen LogP contribution in [-0.2, 0) is 14.3 Å². The Morgan fingerprint density at radius 3 is 2.62 bits per heavy atom. The second kappa shape index (κ2) is 4.37. The molecule has 8 unspecified atom stereocenters. The summed E-state index contributed by atoms with van der Waals surface area (Å²) >= 11 is 0. The van der Waals surface area contributed by atoms with Crippen molar-refractivity contribution in [3.8, 4) is 0 Å². The molecule has 8 atom stereocenters. The molecule has 5 heteroatoms. The van der Waals surface area contributed by atoms with Crippen LogP contribution < -0.4 is 0 Å². The van der Waals surface area contributed by atoms with Gasteiger partial charge in [-0.1, -0.05) is 26.0 Å². The van der Waals surface area contributed by atoms with Crippen molar-refractivity contribution < 1.29 is 24.5 Å². The molecule has 5 aliphatic rings. The molecule has 4 saturated carbocycles. The first-order valence-electron chi connectivity index (χ1n) is 9.83. The van der Waals surface area contributed by atoms with Gasteiger partial charge in [0.15, 0.2) is 0 Å². The second-order valence-corrected chi connectivity index (χ2v) is 10.6. The van der Waals surface area contributed by atoms with Crippen molar-refractivity contribution in [1.29, 1.82) is 0 Å². The van der Waals surface area contributed by atoms with E-state index in [1.165, 1.54) is 5.57 Å². The number of hydrogen-bond acceptors (Lipinski definition) is 4. The van der Waals surface area contributed by atoms with Gasteiger partial charge in [-0.2, -0.15) is 0 Å². The number of aliphatic hydroxyl groups excluding tert-OH is 1. The van der Waals surface area contributed by atoms with Crippen LogP contribution in [0, 0.1) is 39.9 Å². The Labute approximate surface area is 153 Å². The maximum absolute atomic E-state index is 13.0. The Balaban J connectivity index is 1.78. The molecular formula is C21H28O5. The first kappa shape index (κ1) is 16.8. The summed E-state index contributed by atoms with van der Waals surface area (Å²) in [5, 5.41) is 21.4. The zero-order valence-corrected chi connectivity index (χ0v) is 15.7. The highest BCUT2D eigenvalue weighted by molar-refractivity contribution is 5.85. The van der Waals surface area contributed by atoms with Gasteiger partial charge >= 0.3 is 11.9 Å². The van der Waals surface area contributed by atoms with Gasteiger partial charge in [-0.15, -0.1) is 0 Å². The second-order valence-electron chi connectivity index (χ2n) is 10.6. The smallest absolute Gasteiger partial charge is 0.315 e. The van der Waals surface area contributed by atoms with Crippen LogP contribution in [0.4, 0.5) is 0 Å². The quantitative estimate of drug-likeness (QED) is 0.555. The third-order valence-corrected chi connectivity index (χ3v) is 9.00. The van der Waals surface area contributed by atoms with Crippen molar-refractivity contribution >= 4 is 11.9 Å². The van der Waals surface area contributed by atoms with E-state index in [0.717, 1.165) is 25.7 Å². The highest BCUT2D eigenvalue weighted by atomic mass is 16.6. The molecule has 1 aliphatic heterocycles. The predicted molar refractivity (Wildman–Crippen MR) is 93.0 cm³/mol. The van der Waals surface area contributed by atoms with Crippen LogP contribution in [0.3, 0.4) is 0 Å². The number of fused-ring (bicyclic) bond motifs is 1. The molecule has 4 aliphatic carbocycles. The Bertz CT molecular complexity index is 756. The van der Waals surface area contributed by atoms with Crippen molar-refractivity contribution in [1.82, 2.24) is 0 Å². The van der Waals surface area contributed by atoms with E-state index < -0.39 is 46.3 Å². The standard InChI is InChI=1S/C21H28O5/c1-10-7-20-8-11(10)5-6-12(20)21-9-18(2,3)16(24)19(4,17(25)26-21)14(21)13(20)15(22)23/h11-14,16,24H,1,5-9H2,2-4H3,(H,22,23). The summed E-state index contributed by atoms with van der Waals surface area (Å²) < 4.78 is 6.14. The number of carboxylic acids is 1. The van der Waals surface area contributed by atoms with Gasteiger partial charge in [-0.25, -0.2) is 0 Å². The van der Waals surface area contributed by atoms with Crippen molar-refractivity contribution in [3.05, 3.63) is 12.2 Å². The molecule has 0 aromatic heterocycles. The molecule has 142 valence electrons. The molecule has 2 N–H and O–H groups in total. The summed E-state index contributed by atoms with van der Waals surface area (Å²) in [6.07, 6.45) is 3.10. The first-order chi connectivity index (χ1) is 12.0. The maximum atomic E-state index is 13.0. The lowest BCUT2D eigenvalue weighted by Crippen LogP contribution is -2.60. The molecule has 4 bridgehead atoms. The highest BCUT2D eigenvalue weighted by Gasteiger charge is 2.85. The predicted octanol–water partition coefficient (Wildman–Crippen LogP) is 2.77. The number of carboxylic acid groups (broad SMARTS) is 1. The van der Waals surface area contributed by atoms with E-state index in [4.69, 9.17) is 4.74 Å². The number of aliphatic carboxylic acids is 1. The summed E-state index contributed by atoms with van der Waals surface area (Å²) in [6, 6.07) is 0. The van der Waals surface area contributed by atoms with Gasteiger partial charge in [-0.3, -0.25) is 9.59 Å². The average Bonchev–Trinajstić information content (AvgIpc) is 2.99. The van der Waals surface area contributed by atoms with Gasteiger partial charge in [0.2, 0.25) is 0 Å². The molecule has 0 radical (unpaired) electrons. The molecule has 0 amide bonds. The fourth-order valence-electron chi connectivity index (χ4n) is 8.44. The zero-order chi connectivity index (χ0) is 18.9. The van der Waals surface area contributed by atoms with Gasteiger partial charge in [0.05, 0.1) is 17.4 Å². The molecule has 1 heterocycles. The van der Waals surface area contributed by atoms with Crippen molar-refractivity contribution in [2.75, 3.05) is 0 Å². The van der Waals surface area contributed by atoms with E-state index in [1.54, 1.807) is 6.92 Å². The zero-order valence-electron chi connectivity index (χ0n) is 15.7. The van der Waals surface area contributed by atoms with Gasteiger partial charge in [0, 0.05) is 11.8 Å². The number of ether oxygens (including phenoxy) is 1. The topological polar surface area (TPSA) is 83.8 Å². The number of rotatable bonds is 1. The lowest BCUT2D eigenvalue weighted by Gasteiger charge is -2.51. The molecular weight excluding hydrogens is 332 g/mol. The molecule has 1 spiro atoms. The lowest BCUT2D eigenvalue weighted by molar-refractivity contribution is -0.164. The van der Waals surface area contributed by atoms with E-state index in [9.17, 15) is 19.8 Å². The van der Waals surface area contributed by atoms with Crippen molar-refractivity contribution in [2.45, 2.75) is 64.6 Å². The number of esters is 1. The van der Waals surface area contributed by atoms with E-state index in [2.05, 4.69) is 6.58 Å². The monoisotopic (exact) mass is 360 g/mol. The van der Waals surface area contributed by atoms with Crippen LogP contribution in [0.15, 0.2) is 12.2 Å². The largest absolute Gasteiger partial charge is 0.481 e. The molecule has 26 heavy (non-hydrogen) atoms. The Hall–Kier alpha value is -1.36. The molecule has 0 aromatic carbocycles. The van der Waals surface area contributed by atoms with E-state index in [1.807, 2.05) is 13.8 Å². The summed E-state index contributed by atoms with van der Waals surface area (Å²) in [5.41, 5.74) is -1.61. The summed E-state index contributed by atoms with van der Waals surface area (Å²) in [5.74, 6) is -1.91. The van der Waals surface area contributed by atoms with Crippen LogP contribution in [0.25, 0.3) is 0 Å². The Morgan fingerprint density at radius 2 is 1.96 bits per heavy atom. The van der Waals surface area contributed by atoms with Crippen LogP contribution in [0.5, 0.6) is 0 Å². The van der Waals surface area contributed by atoms with Gasteiger partial charge in [0.25, 0.3) is 0 Å². The maximum Gasteiger partial charge on any atom is 0.315 e. The number of carbonyl (C=O) groups is 2. The summed E-state index contributed by atoms with van der Waals surface area (Å²) in [6.45, 7) is 9.96. The summed E-state index contributed by atoms with van der Waals surface area (Å²) in [4.78, 5) is 25.6. The van der Waals surface area contributed by atoms with Crippen LogP contribution in [0.1, 0.15) is 52.9 Å². The molecule has 5 fully saturated rings. The van der Waals surface area contributed by atoms with E-state index in [0.29, 0.717) is 12.3 Å². The average molecular weight is 360 g/mol. The number of allylic oxidation sites excluding steroid dienone is 1. The van der Waals surface area contributed by atoms with Crippen LogP contribution in [-0.4, -0.2) is 33.9 Å². The third-order valence-electron chi connectivity index (χ3n) is 9.00. The van der Waals surface area contributed by atoms with E-state index >= 15 is 0 Å². The molecule has 5 rings (SSSR count). The third kappa shape index (κ3) is 1.48. The van der Waals surface area contributed by atoms with Gasteiger partial charge < -0.3 is 14.9 Å². The normalized spacial score (nSPS) is 56.1. The Morgan fingerprint density at radius 1 is 1.27 bits per heavy atom. The van der Waals surface area contributed by atoms with Crippen molar-refractivity contribution in [2.24, 2.45) is 39.9 Å². The lowest BCUT2D eigenvalue weighted by atomic mass is 9.51. The fraction of sp³-hybridized carbons (Fsp3) is 0.810. The Kier molecular flexibility index (Phi) is 2.82. The highest BCUT2D eigenvalue weighted by Crippen LogP contribution is 2.79. The molecule has 0 aromatic rings. The van der Waals surface area contributed by atoms with Crippen LogP contribution >= 0.6 is 0 Å². The minimum Gasteiger partial charge on any atom is -0.481 e. The van der Waals surface area contributed by atoms with E-state index in [-0.39, 0.29) is 11.3 Å². The number of hydrogen-bond donors (Lipinski definition) is 2. The van der Waals surface area contributed by atoms with Gasteiger partial charge in [0.1, 0.15) is 5.60 Å². The summed E-state index contributed by atoms with van der Waals surface area (Å²) in [7, 11) is 0. The first-order valence-corrected chi connectivity index (χ1v) is 9.83. The minimum atomic E-state index is -1.16. The SMILES string of the molecule is C=C1CC23CC1CCC2C12CC(C)(C)C(O)C(C)(C(=O)O1)C2C3C(=O)O. The number of aliphatic hydroxyl groups is 1. The van der Waals surface area contributed by atoms with Crippen LogP contribution in [0.2, 0.25) is 0 Å². The minimum absolute atomic E-state index is 0.0501. The molecule has 5 nitrogen and oxygen atoms in total. The van der Waals surface area contributed by atoms with Crippen molar-refractivity contribution in [3.63, 3.8) is 0 Å². The fourth-order valence-corrected chi connectivity index (χ4v) is 8.44. The van der Waals surface area contributed by atoms with Gasteiger partial charge in [-0.05, 0) is 55.8 Å². The molecule has 1 saturated heterocycles.